The van der Waals surface area contributed by atoms with Gasteiger partial charge >= 0.3 is 0 Å². The second kappa shape index (κ2) is 7.13. The van der Waals surface area contributed by atoms with Crippen LogP contribution in [0.2, 0.25) is 0 Å². The van der Waals surface area contributed by atoms with Crippen LogP contribution >= 0.6 is 0 Å². The van der Waals surface area contributed by atoms with E-state index in [-0.39, 0.29) is 36.1 Å². The summed E-state index contributed by atoms with van der Waals surface area (Å²) in [4.78, 5) is 35.7. The Morgan fingerprint density at radius 3 is 2.62 bits per heavy atom. The largest absolute Gasteiger partial charge is 0.342 e. The van der Waals surface area contributed by atoms with E-state index in [0.717, 1.165) is 19.3 Å². The third kappa shape index (κ3) is 3.82. The van der Waals surface area contributed by atoms with Gasteiger partial charge in [0.1, 0.15) is 6.04 Å². The first kappa shape index (κ1) is 16.6. The lowest BCUT2D eigenvalue weighted by Gasteiger charge is -2.37. The predicted octanol–water partition coefficient (Wildman–Crippen LogP) is 0.591. The van der Waals surface area contributed by atoms with Crippen LogP contribution in [-0.2, 0) is 9.59 Å². The number of ketones is 1. The average molecular weight is 330 g/mol. The van der Waals surface area contributed by atoms with E-state index in [2.05, 4.69) is 16.0 Å². The molecule has 1 aliphatic carbocycles. The Hall–Kier alpha value is -2.21. The number of carbonyl (C=O) groups is 3. The topological polar surface area (TPSA) is 91.9 Å². The molecule has 0 spiro atoms. The molecule has 24 heavy (non-hydrogen) atoms. The Balaban J connectivity index is 1.56. The molecule has 1 saturated heterocycles. The Morgan fingerprint density at radius 1 is 1.21 bits per heavy atom. The number of rotatable bonds is 4. The molecule has 6 heteroatoms. The number of benzene rings is 1. The molecule has 4 N–H and O–H groups in total. The van der Waals surface area contributed by atoms with Crippen LogP contribution in [0.1, 0.15) is 49.4 Å². The molecule has 0 radical (unpaired) electrons. The summed E-state index contributed by atoms with van der Waals surface area (Å²) in [6.45, 7) is 1.50. The fourth-order valence-corrected chi connectivity index (χ4v) is 3.61. The second-order valence-corrected chi connectivity index (χ2v) is 6.75. The maximum absolute atomic E-state index is 12.2. The molecule has 6 nitrogen and oxygen atoms in total. The van der Waals surface area contributed by atoms with Crippen molar-refractivity contribution in [2.45, 2.75) is 57.2 Å². The monoisotopic (exact) mass is 330 g/mol. The van der Waals surface area contributed by atoms with Crippen LogP contribution in [0.15, 0.2) is 24.3 Å². The van der Waals surface area contributed by atoms with E-state index >= 15 is 0 Å². The lowest BCUT2D eigenvalue weighted by Crippen LogP contribution is -3.03. The molecule has 3 rings (SSSR count). The first-order chi connectivity index (χ1) is 11.5. The minimum absolute atomic E-state index is 0.0108. The number of fused-ring (bicyclic) bond motifs is 1. The van der Waals surface area contributed by atoms with Crippen LogP contribution in [-0.4, -0.2) is 35.7 Å². The Labute approximate surface area is 141 Å². The smallest absolute Gasteiger partial charge is 0.279 e. The van der Waals surface area contributed by atoms with E-state index in [1.54, 1.807) is 24.3 Å². The summed E-state index contributed by atoms with van der Waals surface area (Å²) in [6, 6.07) is 7.07. The van der Waals surface area contributed by atoms with Crippen LogP contribution in [0.4, 0.5) is 5.69 Å². The number of carbonyl (C=O) groups excluding carboxylic acids is 3. The summed E-state index contributed by atoms with van der Waals surface area (Å²) < 4.78 is 0. The van der Waals surface area contributed by atoms with Gasteiger partial charge < -0.3 is 16.0 Å². The molecule has 2 fully saturated rings. The van der Waals surface area contributed by atoms with E-state index in [4.69, 9.17) is 0 Å². The van der Waals surface area contributed by atoms with Crippen LogP contribution in [0.25, 0.3) is 0 Å². The highest BCUT2D eigenvalue weighted by Crippen LogP contribution is 2.18. The van der Waals surface area contributed by atoms with E-state index in [1.165, 1.54) is 13.3 Å². The molecule has 1 heterocycles. The number of Topliss-reactive ketones (excluding diaryl/α,β-unsaturated/α-hetero) is 1. The van der Waals surface area contributed by atoms with Crippen molar-refractivity contribution in [1.82, 2.24) is 5.32 Å². The fourth-order valence-electron chi connectivity index (χ4n) is 3.61. The van der Waals surface area contributed by atoms with Crippen LogP contribution in [0.3, 0.4) is 0 Å². The first-order valence-electron chi connectivity index (χ1n) is 8.59. The molecule has 0 unspecified atom stereocenters. The number of anilines is 1. The van der Waals surface area contributed by atoms with Gasteiger partial charge in [0.15, 0.2) is 11.8 Å². The number of amides is 2. The molecule has 0 aromatic heterocycles. The highest BCUT2D eigenvalue weighted by atomic mass is 16.2. The number of hydrogen-bond acceptors (Lipinski definition) is 3. The molecular weight excluding hydrogens is 306 g/mol. The summed E-state index contributed by atoms with van der Waals surface area (Å²) in [6.07, 6.45) is 4.64. The van der Waals surface area contributed by atoms with Gasteiger partial charge in [-0.25, -0.2) is 0 Å². The lowest BCUT2D eigenvalue weighted by atomic mass is 9.87. The Morgan fingerprint density at radius 2 is 1.92 bits per heavy atom. The molecule has 3 atom stereocenters. The summed E-state index contributed by atoms with van der Waals surface area (Å²) in [7, 11) is 0. The fraction of sp³-hybridized carbons (Fsp3) is 0.500. The van der Waals surface area contributed by atoms with Crippen LogP contribution in [0, 0.1) is 0 Å². The molecular formula is C18H24N3O3+. The third-order valence-electron chi connectivity index (χ3n) is 4.94. The van der Waals surface area contributed by atoms with Crippen molar-refractivity contribution in [3.63, 3.8) is 0 Å². The molecule has 1 aromatic carbocycles. The summed E-state index contributed by atoms with van der Waals surface area (Å²) in [5, 5.41) is 7.94. The standard InChI is InChI=1S/C18H23N3O3/c1-11(22)12-6-8-13(9-7-12)19-17(23)10-16-18(24)21-15-5-3-2-4-14(15)20-16/h6-9,14-16,20H,2-5,10H2,1H3,(H,19,23)(H,21,24)/p+1/t14-,15-,16+/m0/s1. The van der Waals surface area contributed by atoms with Crippen molar-refractivity contribution in [2.24, 2.45) is 0 Å². The summed E-state index contributed by atoms with van der Waals surface area (Å²) in [5.74, 6) is -0.236. The van der Waals surface area contributed by atoms with Gasteiger partial charge in [-0.15, -0.1) is 0 Å². The zero-order valence-corrected chi connectivity index (χ0v) is 13.9. The minimum Gasteiger partial charge on any atom is -0.342 e. The van der Waals surface area contributed by atoms with Gasteiger partial charge in [0, 0.05) is 17.7 Å². The van der Waals surface area contributed by atoms with Crippen molar-refractivity contribution >= 4 is 23.3 Å². The van der Waals surface area contributed by atoms with E-state index < -0.39 is 0 Å². The van der Waals surface area contributed by atoms with Gasteiger partial charge in [0.05, 0.1) is 12.5 Å². The van der Waals surface area contributed by atoms with E-state index in [1.807, 2.05) is 0 Å². The molecule has 2 aliphatic rings. The molecule has 0 bridgehead atoms. The molecule has 1 aliphatic heterocycles. The predicted molar refractivity (Wildman–Crippen MR) is 89.6 cm³/mol. The minimum atomic E-state index is -0.360. The van der Waals surface area contributed by atoms with Gasteiger partial charge in [0.2, 0.25) is 5.91 Å². The van der Waals surface area contributed by atoms with Gasteiger partial charge in [0.25, 0.3) is 5.91 Å². The highest BCUT2D eigenvalue weighted by Gasteiger charge is 2.40. The maximum Gasteiger partial charge on any atom is 0.279 e. The Kier molecular flexibility index (Phi) is 4.94. The number of hydrogen-bond donors (Lipinski definition) is 3. The second-order valence-electron chi connectivity index (χ2n) is 6.75. The quantitative estimate of drug-likeness (QED) is 0.706. The van der Waals surface area contributed by atoms with E-state index in [9.17, 15) is 14.4 Å². The number of nitrogens with one attached hydrogen (secondary N) is 2. The number of piperazine rings is 1. The zero-order valence-electron chi connectivity index (χ0n) is 13.9. The van der Waals surface area contributed by atoms with Gasteiger partial charge in [-0.3, -0.25) is 14.4 Å². The molecule has 2 amide bonds. The van der Waals surface area contributed by atoms with Crippen molar-refractivity contribution < 1.29 is 19.7 Å². The third-order valence-corrected chi connectivity index (χ3v) is 4.94. The van der Waals surface area contributed by atoms with Crippen molar-refractivity contribution in [3.05, 3.63) is 29.8 Å². The van der Waals surface area contributed by atoms with Gasteiger partial charge in [-0.1, -0.05) is 6.42 Å². The maximum atomic E-state index is 12.2. The normalized spacial score (nSPS) is 26.2. The first-order valence-corrected chi connectivity index (χ1v) is 8.59. The highest BCUT2D eigenvalue weighted by molar-refractivity contribution is 5.97. The molecule has 1 aromatic rings. The lowest BCUT2D eigenvalue weighted by molar-refractivity contribution is -0.718. The summed E-state index contributed by atoms with van der Waals surface area (Å²) in [5.41, 5.74) is 1.24. The van der Waals surface area contributed by atoms with Gasteiger partial charge in [-0.05, 0) is 44.0 Å². The van der Waals surface area contributed by atoms with Crippen molar-refractivity contribution in [2.75, 3.05) is 5.32 Å². The van der Waals surface area contributed by atoms with Gasteiger partial charge in [-0.2, -0.15) is 0 Å². The molecule has 1 saturated carbocycles. The van der Waals surface area contributed by atoms with Crippen LogP contribution < -0.4 is 16.0 Å². The summed E-state index contributed by atoms with van der Waals surface area (Å²) >= 11 is 0. The molecule has 128 valence electrons. The van der Waals surface area contributed by atoms with Crippen molar-refractivity contribution in [1.29, 1.82) is 0 Å². The van der Waals surface area contributed by atoms with Crippen molar-refractivity contribution in [3.8, 4) is 0 Å². The Bertz CT molecular complexity index is 641. The van der Waals surface area contributed by atoms with E-state index in [0.29, 0.717) is 17.3 Å². The number of quaternary nitrogens is 1. The zero-order chi connectivity index (χ0) is 17.1. The number of nitrogens with two attached hydrogens (primary N) is 1. The average Bonchev–Trinajstić information content (AvgIpc) is 2.56. The van der Waals surface area contributed by atoms with Crippen LogP contribution in [0.5, 0.6) is 0 Å². The SMILES string of the molecule is CC(=O)c1ccc(NC(=O)C[C@H]2[NH2+][C@H]3CCCC[C@@H]3NC2=O)cc1.